The van der Waals surface area contributed by atoms with Gasteiger partial charge in [-0.1, -0.05) is 83.8 Å². The number of hydrogen-bond donors (Lipinski definition) is 1. The standard InChI is InChI=1S/C20H40O3S/c1-3-4-5-6-7-8-9-10-11-12-13-14-15-16-17-20(2)18-19-24(21,22)23/h10-11,20H,3-9,12-19H2,1-2H3,(H,21,22,23)/b11-10-. The van der Waals surface area contributed by atoms with Gasteiger partial charge in [0.15, 0.2) is 0 Å². The second-order valence-electron chi connectivity index (χ2n) is 7.20. The molecule has 1 N–H and O–H groups in total. The predicted octanol–water partition coefficient (Wildman–Crippen LogP) is 6.55. The van der Waals surface area contributed by atoms with Crippen LogP contribution in [0.2, 0.25) is 0 Å². The fraction of sp³-hybridized carbons (Fsp3) is 0.900. The van der Waals surface area contributed by atoms with E-state index in [-0.39, 0.29) is 5.75 Å². The van der Waals surface area contributed by atoms with Crippen LogP contribution in [0, 0.1) is 5.92 Å². The van der Waals surface area contributed by atoms with Crippen molar-refractivity contribution >= 4 is 10.1 Å². The third-order valence-electron chi connectivity index (χ3n) is 4.58. The Morgan fingerprint density at radius 2 is 1.29 bits per heavy atom. The minimum Gasteiger partial charge on any atom is -0.286 e. The van der Waals surface area contributed by atoms with Crippen molar-refractivity contribution < 1.29 is 13.0 Å². The SMILES string of the molecule is CCCCCCCC/C=C\CCCCCCC(C)CCS(=O)(=O)O. The van der Waals surface area contributed by atoms with Gasteiger partial charge < -0.3 is 0 Å². The van der Waals surface area contributed by atoms with Gasteiger partial charge in [0.05, 0.1) is 5.75 Å². The van der Waals surface area contributed by atoms with E-state index in [1.54, 1.807) is 0 Å². The van der Waals surface area contributed by atoms with Gasteiger partial charge in [-0.05, 0) is 38.0 Å². The maximum atomic E-state index is 10.7. The van der Waals surface area contributed by atoms with Crippen molar-refractivity contribution in [3.8, 4) is 0 Å². The van der Waals surface area contributed by atoms with Gasteiger partial charge in [-0.15, -0.1) is 0 Å². The Bertz CT molecular complexity index is 388. The molecule has 0 fully saturated rings. The summed E-state index contributed by atoms with van der Waals surface area (Å²) in [5.41, 5.74) is 0. The summed E-state index contributed by atoms with van der Waals surface area (Å²) in [4.78, 5) is 0. The van der Waals surface area contributed by atoms with E-state index >= 15 is 0 Å². The van der Waals surface area contributed by atoms with Gasteiger partial charge >= 0.3 is 0 Å². The highest BCUT2D eigenvalue weighted by Crippen LogP contribution is 2.15. The van der Waals surface area contributed by atoms with Crippen LogP contribution in [0.25, 0.3) is 0 Å². The summed E-state index contributed by atoms with van der Waals surface area (Å²) in [6, 6.07) is 0. The first-order valence-corrected chi connectivity index (χ1v) is 11.7. The van der Waals surface area contributed by atoms with E-state index in [0.717, 1.165) is 12.8 Å². The van der Waals surface area contributed by atoms with Crippen molar-refractivity contribution in [1.29, 1.82) is 0 Å². The normalized spacial score (nSPS) is 13.6. The van der Waals surface area contributed by atoms with Crippen molar-refractivity contribution in [1.82, 2.24) is 0 Å². The van der Waals surface area contributed by atoms with Crippen LogP contribution >= 0.6 is 0 Å². The van der Waals surface area contributed by atoms with E-state index < -0.39 is 10.1 Å². The molecule has 0 amide bonds. The number of rotatable bonds is 17. The molecule has 3 nitrogen and oxygen atoms in total. The minimum atomic E-state index is -3.79. The first kappa shape index (κ1) is 23.6. The van der Waals surface area contributed by atoms with Crippen LogP contribution in [-0.2, 0) is 10.1 Å². The maximum absolute atomic E-state index is 10.7. The van der Waals surface area contributed by atoms with Crippen molar-refractivity contribution in [3.63, 3.8) is 0 Å². The molecule has 144 valence electrons. The molecule has 0 aromatic heterocycles. The highest BCUT2D eigenvalue weighted by atomic mass is 32.2. The number of unbranched alkanes of at least 4 members (excludes halogenated alkanes) is 10. The summed E-state index contributed by atoms with van der Waals surface area (Å²) >= 11 is 0. The Morgan fingerprint density at radius 1 is 0.792 bits per heavy atom. The quantitative estimate of drug-likeness (QED) is 0.182. The van der Waals surface area contributed by atoms with Gasteiger partial charge in [-0.3, -0.25) is 4.55 Å². The fourth-order valence-electron chi connectivity index (χ4n) is 2.88. The summed E-state index contributed by atoms with van der Waals surface area (Å²) in [7, 11) is -3.79. The smallest absolute Gasteiger partial charge is 0.264 e. The van der Waals surface area contributed by atoms with E-state index in [1.165, 1.54) is 70.6 Å². The molecule has 0 rings (SSSR count). The van der Waals surface area contributed by atoms with Crippen LogP contribution in [0.1, 0.15) is 104 Å². The average Bonchev–Trinajstić information content (AvgIpc) is 2.52. The van der Waals surface area contributed by atoms with Gasteiger partial charge in [0.1, 0.15) is 0 Å². The molecule has 0 saturated heterocycles. The summed E-state index contributed by atoms with van der Waals surface area (Å²) in [5, 5.41) is 0. The molecule has 4 heteroatoms. The molecule has 1 unspecified atom stereocenters. The van der Waals surface area contributed by atoms with E-state index in [2.05, 4.69) is 26.0 Å². The van der Waals surface area contributed by atoms with Crippen molar-refractivity contribution in [2.45, 2.75) is 104 Å². The zero-order chi connectivity index (χ0) is 18.1. The van der Waals surface area contributed by atoms with E-state index in [4.69, 9.17) is 4.55 Å². The maximum Gasteiger partial charge on any atom is 0.264 e. The second kappa shape index (κ2) is 16.1. The molecule has 1 atom stereocenters. The zero-order valence-corrected chi connectivity index (χ0v) is 16.8. The summed E-state index contributed by atoms with van der Waals surface area (Å²) in [6.45, 7) is 4.32. The molecule has 0 aliphatic heterocycles. The molecule has 0 aliphatic carbocycles. The molecule has 0 aromatic carbocycles. The highest BCUT2D eigenvalue weighted by Gasteiger charge is 2.08. The van der Waals surface area contributed by atoms with Crippen LogP contribution in [0.15, 0.2) is 12.2 Å². The predicted molar refractivity (Wildman–Crippen MR) is 105 cm³/mol. The molecule has 0 heterocycles. The van der Waals surface area contributed by atoms with Gasteiger partial charge in [0, 0.05) is 0 Å². The summed E-state index contributed by atoms with van der Waals surface area (Å²) in [5.74, 6) is 0.279. The molecule has 0 radical (unpaired) electrons. The number of hydrogen-bond acceptors (Lipinski definition) is 2. The molecule has 0 aliphatic rings. The Labute approximate surface area is 151 Å². The Kier molecular flexibility index (Phi) is 15.9. The fourth-order valence-corrected chi connectivity index (χ4v) is 3.58. The minimum absolute atomic E-state index is 0.0996. The van der Waals surface area contributed by atoms with Crippen molar-refractivity contribution in [3.05, 3.63) is 12.2 Å². The molecule has 24 heavy (non-hydrogen) atoms. The monoisotopic (exact) mass is 360 g/mol. The average molecular weight is 361 g/mol. The summed E-state index contributed by atoms with van der Waals surface area (Å²) < 4.78 is 30.1. The van der Waals surface area contributed by atoms with Crippen molar-refractivity contribution in [2.24, 2.45) is 5.92 Å². The van der Waals surface area contributed by atoms with Crippen molar-refractivity contribution in [2.75, 3.05) is 5.75 Å². The summed E-state index contributed by atoms with van der Waals surface area (Å²) in [6.07, 6.45) is 21.8. The Balaban J connectivity index is 3.28. The lowest BCUT2D eigenvalue weighted by Gasteiger charge is -2.09. The number of allylic oxidation sites excluding steroid dienone is 2. The molecular formula is C20H40O3S. The lowest BCUT2D eigenvalue weighted by atomic mass is 10.00. The van der Waals surface area contributed by atoms with Gasteiger partial charge in [-0.2, -0.15) is 8.42 Å². The van der Waals surface area contributed by atoms with E-state index in [1.807, 2.05) is 0 Å². The molecular weight excluding hydrogens is 320 g/mol. The third-order valence-corrected chi connectivity index (χ3v) is 5.33. The third kappa shape index (κ3) is 19.7. The zero-order valence-electron chi connectivity index (χ0n) is 16.0. The first-order valence-electron chi connectivity index (χ1n) is 10.1. The largest absolute Gasteiger partial charge is 0.286 e. The van der Waals surface area contributed by atoms with E-state index in [0.29, 0.717) is 12.3 Å². The lowest BCUT2D eigenvalue weighted by Crippen LogP contribution is -2.08. The van der Waals surface area contributed by atoms with Crippen LogP contribution < -0.4 is 0 Å². The lowest BCUT2D eigenvalue weighted by molar-refractivity contribution is 0.449. The molecule has 0 spiro atoms. The van der Waals surface area contributed by atoms with Crippen LogP contribution in [0.5, 0.6) is 0 Å². The highest BCUT2D eigenvalue weighted by molar-refractivity contribution is 7.85. The molecule has 0 bridgehead atoms. The van der Waals surface area contributed by atoms with Crippen LogP contribution in [-0.4, -0.2) is 18.7 Å². The van der Waals surface area contributed by atoms with Gasteiger partial charge in [0.25, 0.3) is 10.1 Å². The first-order chi connectivity index (χ1) is 11.5. The molecule has 0 aromatic rings. The Hall–Kier alpha value is -0.350. The topological polar surface area (TPSA) is 54.4 Å². The van der Waals surface area contributed by atoms with Crippen LogP contribution in [0.3, 0.4) is 0 Å². The molecule has 0 saturated carbocycles. The van der Waals surface area contributed by atoms with Gasteiger partial charge in [0.2, 0.25) is 0 Å². The Morgan fingerprint density at radius 3 is 1.83 bits per heavy atom. The van der Waals surface area contributed by atoms with Gasteiger partial charge in [-0.25, -0.2) is 0 Å². The second-order valence-corrected chi connectivity index (χ2v) is 8.77. The van der Waals surface area contributed by atoms with Crippen LogP contribution in [0.4, 0.5) is 0 Å². The van der Waals surface area contributed by atoms with E-state index in [9.17, 15) is 8.42 Å².